The molecule has 0 saturated heterocycles. The Balaban J connectivity index is 2.40. The molecule has 1 aliphatic carbocycles. The maximum atomic E-state index is 12.2. The molecular formula is C12H16N2O4S. The number of nitrogens with two attached hydrogens (primary N) is 1. The summed E-state index contributed by atoms with van der Waals surface area (Å²) in [4.78, 5) is 10.8. The van der Waals surface area contributed by atoms with Crippen LogP contribution in [0.15, 0.2) is 23.1 Å². The molecule has 1 aliphatic rings. The maximum absolute atomic E-state index is 12.2. The summed E-state index contributed by atoms with van der Waals surface area (Å²) in [5, 5.41) is 9.04. The van der Waals surface area contributed by atoms with E-state index in [1.807, 2.05) is 13.8 Å². The van der Waals surface area contributed by atoms with E-state index >= 15 is 0 Å². The van der Waals surface area contributed by atoms with Crippen LogP contribution >= 0.6 is 0 Å². The van der Waals surface area contributed by atoms with Crippen molar-refractivity contribution < 1.29 is 18.3 Å². The third kappa shape index (κ3) is 2.71. The standard InChI is InChI=1S/C12H16N2O4S/c1-12(2)6-10(12)14-19(17,18)9-5-7(13)3-4-8(9)11(15)16/h3-5,10,14H,6,13H2,1-2H3,(H,15,16). The van der Waals surface area contributed by atoms with Gasteiger partial charge in [-0.2, -0.15) is 0 Å². The third-order valence-electron chi connectivity index (χ3n) is 3.34. The van der Waals surface area contributed by atoms with Crippen molar-refractivity contribution in [1.82, 2.24) is 4.72 Å². The zero-order valence-electron chi connectivity index (χ0n) is 10.7. The molecule has 1 unspecified atom stereocenters. The molecule has 7 heteroatoms. The van der Waals surface area contributed by atoms with Crippen molar-refractivity contribution >= 4 is 21.7 Å². The maximum Gasteiger partial charge on any atom is 0.337 e. The minimum atomic E-state index is -3.88. The number of nitrogen functional groups attached to an aromatic ring is 1. The fraction of sp³-hybridized carbons (Fsp3) is 0.417. The van der Waals surface area contributed by atoms with Crippen molar-refractivity contribution in [2.75, 3.05) is 5.73 Å². The molecule has 19 heavy (non-hydrogen) atoms. The summed E-state index contributed by atoms with van der Waals surface area (Å²) >= 11 is 0. The second-order valence-corrected chi connectivity index (χ2v) is 7.11. The predicted octanol–water partition coefficient (Wildman–Crippen LogP) is 1.04. The van der Waals surface area contributed by atoms with E-state index in [-0.39, 0.29) is 27.6 Å². The van der Waals surface area contributed by atoms with E-state index in [4.69, 9.17) is 10.8 Å². The van der Waals surface area contributed by atoms with Crippen LogP contribution in [-0.4, -0.2) is 25.5 Å². The first-order valence-corrected chi connectivity index (χ1v) is 7.27. The van der Waals surface area contributed by atoms with Crippen LogP contribution in [0.2, 0.25) is 0 Å². The number of aromatic carboxylic acids is 1. The van der Waals surface area contributed by atoms with Crippen LogP contribution in [0.1, 0.15) is 30.6 Å². The van der Waals surface area contributed by atoms with Gasteiger partial charge in [-0.1, -0.05) is 13.8 Å². The number of carbonyl (C=O) groups is 1. The van der Waals surface area contributed by atoms with Crippen LogP contribution < -0.4 is 10.5 Å². The SMILES string of the molecule is CC1(C)CC1NS(=O)(=O)c1cc(N)ccc1C(=O)O. The number of carboxylic acid groups (broad SMARTS) is 1. The van der Waals surface area contributed by atoms with Crippen molar-refractivity contribution in [3.8, 4) is 0 Å². The predicted molar refractivity (Wildman–Crippen MR) is 70.3 cm³/mol. The highest BCUT2D eigenvalue weighted by Gasteiger charge is 2.48. The Labute approximate surface area is 111 Å². The van der Waals surface area contributed by atoms with E-state index in [9.17, 15) is 13.2 Å². The van der Waals surface area contributed by atoms with Crippen molar-refractivity contribution in [2.24, 2.45) is 5.41 Å². The van der Waals surface area contributed by atoms with Gasteiger partial charge in [-0.25, -0.2) is 17.9 Å². The molecule has 1 fully saturated rings. The minimum Gasteiger partial charge on any atom is -0.478 e. The second kappa shape index (κ2) is 4.21. The van der Waals surface area contributed by atoms with Gasteiger partial charge in [0.05, 0.1) is 10.5 Å². The Kier molecular flexibility index (Phi) is 3.06. The Bertz CT molecular complexity index is 637. The van der Waals surface area contributed by atoms with Gasteiger partial charge >= 0.3 is 5.97 Å². The summed E-state index contributed by atoms with van der Waals surface area (Å²) in [5.74, 6) is -1.30. The minimum absolute atomic E-state index is 0.0865. The van der Waals surface area contributed by atoms with Crippen molar-refractivity contribution in [2.45, 2.75) is 31.2 Å². The fourth-order valence-electron chi connectivity index (χ4n) is 1.86. The molecule has 1 atom stereocenters. The van der Waals surface area contributed by atoms with E-state index in [1.165, 1.54) is 18.2 Å². The summed E-state index contributed by atoms with van der Waals surface area (Å²) in [5.41, 5.74) is 5.38. The van der Waals surface area contributed by atoms with Crippen LogP contribution in [-0.2, 0) is 10.0 Å². The normalized spacial score (nSPS) is 21.1. The Hall–Kier alpha value is -1.60. The number of carboxylic acids is 1. The molecule has 0 spiro atoms. The van der Waals surface area contributed by atoms with Gasteiger partial charge < -0.3 is 10.8 Å². The molecule has 0 radical (unpaired) electrons. The number of hydrogen-bond acceptors (Lipinski definition) is 4. The van der Waals surface area contributed by atoms with Crippen LogP contribution in [0.25, 0.3) is 0 Å². The first kappa shape index (κ1) is 13.8. The van der Waals surface area contributed by atoms with Gasteiger partial charge in [0.2, 0.25) is 10.0 Å². The van der Waals surface area contributed by atoms with Gasteiger partial charge in [0, 0.05) is 11.7 Å². The monoisotopic (exact) mass is 284 g/mol. The highest BCUT2D eigenvalue weighted by Crippen LogP contribution is 2.45. The van der Waals surface area contributed by atoms with Gasteiger partial charge in [0.15, 0.2) is 0 Å². The zero-order chi connectivity index (χ0) is 14.4. The van der Waals surface area contributed by atoms with Crippen molar-refractivity contribution in [3.05, 3.63) is 23.8 Å². The molecule has 1 aromatic rings. The molecule has 1 aromatic carbocycles. The first-order valence-electron chi connectivity index (χ1n) is 5.79. The smallest absolute Gasteiger partial charge is 0.337 e. The second-order valence-electron chi connectivity index (χ2n) is 5.43. The van der Waals surface area contributed by atoms with E-state index in [1.54, 1.807) is 0 Å². The summed E-state index contributed by atoms with van der Waals surface area (Å²) < 4.78 is 26.9. The molecule has 6 nitrogen and oxygen atoms in total. The largest absolute Gasteiger partial charge is 0.478 e. The Morgan fingerprint density at radius 3 is 2.53 bits per heavy atom. The van der Waals surface area contributed by atoms with Crippen molar-refractivity contribution in [3.63, 3.8) is 0 Å². The highest BCUT2D eigenvalue weighted by atomic mass is 32.2. The molecule has 0 aromatic heterocycles. The molecular weight excluding hydrogens is 268 g/mol. The van der Waals surface area contributed by atoms with E-state index in [2.05, 4.69) is 4.72 Å². The Morgan fingerprint density at radius 2 is 2.05 bits per heavy atom. The third-order valence-corrected chi connectivity index (χ3v) is 4.85. The number of rotatable bonds is 4. The lowest BCUT2D eigenvalue weighted by Crippen LogP contribution is -2.30. The molecule has 4 N–H and O–H groups in total. The molecule has 0 heterocycles. The number of hydrogen-bond donors (Lipinski definition) is 3. The summed E-state index contributed by atoms with van der Waals surface area (Å²) in [7, 11) is -3.88. The molecule has 2 rings (SSSR count). The molecule has 1 saturated carbocycles. The molecule has 0 bridgehead atoms. The van der Waals surface area contributed by atoms with E-state index in [0.717, 1.165) is 6.42 Å². The summed E-state index contributed by atoms with van der Waals surface area (Å²) in [6.45, 7) is 3.88. The molecule has 104 valence electrons. The Morgan fingerprint density at radius 1 is 1.47 bits per heavy atom. The summed E-state index contributed by atoms with van der Waals surface area (Å²) in [6, 6.07) is 3.56. The van der Waals surface area contributed by atoms with Gasteiger partial charge in [-0.3, -0.25) is 0 Å². The van der Waals surface area contributed by atoms with Gasteiger partial charge in [-0.05, 0) is 30.0 Å². The van der Waals surface area contributed by atoms with Gasteiger partial charge in [0.1, 0.15) is 0 Å². The lowest BCUT2D eigenvalue weighted by Gasteiger charge is -2.11. The fourth-order valence-corrected chi connectivity index (χ4v) is 3.50. The molecule has 0 amide bonds. The quantitative estimate of drug-likeness (QED) is 0.716. The number of benzene rings is 1. The number of nitrogens with one attached hydrogen (secondary N) is 1. The molecule has 0 aliphatic heterocycles. The van der Waals surface area contributed by atoms with Crippen molar-refractivity contribution in [1.29, 1.82) is 0 Å². The van der Waals surface area contributed by atoms with Crippen LogP contribution in [0.3, 0.4) is 0 Å². The number of sulfonamides is 1. The lowest BCUT2D eigenvalue weighted by molar-refractivity contribution is 0.0692. The average Bonchev–Trinajstić information content (AvgIpc) is 2.84. The van der Waals surface area contributed by atoms with Gasteiger partial charge in [0.25, 0.3) is 0 Å². The average molecular weight is 284 g/mol. The topological polar surface area (TPSA) is 109 Å². The van der Waals surface area contributed by atoms with E-state index in [0.29, 0.717) is 0 Å². The van der Waals surface area contributed by atoms with Crippen LogP contribution in [0, 0.1) is 5.41 Å². The summed E-state index contributed by atoms with van der Waals surface area (Å²) in [6.07, 6.45) is 0.733. The lowest BCUT2D eigenvalue weighted by atomic mass is 10.2. The van der Waals surface area contributed by atoms with E-state index < -0.39 is 16.0 Å². The van der Waals surface area contributed by atoms with Crippen LogP contribution in [0.5, 0.6) is 0 Å². The van der Waals surface area contributed by atoms with Gasteiger partial charge in [-0.15, -0.1) is 0 Å². The number of anilines is 1. The van der Waals surface area contributed by atoms with Crippen LogP contribution in [0.4, 0.5) is 5.69 Å². The highest BCUT2D eigenvalue weighted by molar-refractivity contribution is 7.89. The first-order chi connectivity index (χ1) is 8.63. The zero-order valence-corrected chi connectivity index (χ0v) is 11.5.